The molecule has 1 aromatic rings. The van der Waals surface area contributed by atoms with E-state index in [0.717, 1.165) is 12.0 Å². The number of nitrogens with one attached hydrogen (secondary N) is 2. The summed E-state index contributed by atoms with van der Waals surface area (Å²) in [7, 11) is -2.95. The summed E-state index contributed by atoms with van der Waals surface area (Å²) in [5, 5.41) is 3.25. The largest absolute Gasteiger partial charge is 0.366 e. The maximum atomic E-state index is 11.7. The second-order valence-electron chi connectivity index (χ2n) is 5.80. The van der Waals surface area contributed by atoms with Crippen molar-refractivity contribution in [2.24, 2.45) is 5.84 Å². The molecule has 7 nitrogen and oxygen atoms in total. The summed E-state index contributed by atoms with van der Waals surface area (Å²) in [4.78, 5) is 8.88. The van der Waals surface area contributed by atoms with Gasteiger partial charge < -0.3 is 10.7 Å². The Kier molecular flexibility index (Phi) is 4.67. The Balaban J connectivity index is 2.28. The van der Waals surface area contributed by atoms with Crippen LogP contribution in [0.2, 0.25) is 0 Å². The van der Waals surface area contributed by atoms with Crippen molar-refractivity contribution in [2.45, 2.75) is 45.6 Å². The van der Waals surface area contributed by atoms with Crippen molar-refractivity contribution in [2.75, 3.05) is 22.2 Å². The van der Waals surface area contributed by atoms with E-state index in [1.54, 1.807) is 0 Å². The number of nitrogen functional groups attached to an aromatic ring is 1. The van der Waals surface area contributed by atoms with Crippen LogP contribution in [-0.4, -0.2) is 35.9 Å². The van der Waals surface area contributed by atoms with Gasteiger partial charge in [-0.2, -0.15) is 0 Å². The van der Waals surface area contributed by atoms with E-state index in [1.807, 2.05) is 20.8 Å². The number of sulfone groups is 1. The molecule has 0 bridgehead atoms. The zero-order valence-electron chi connectivity index (χ0n) is 12.7. The van der Waals surface area contributed by atoms with E-state index in [9.17, 15) is 8.42 Å². The Morgan fingerprint density at radius 1 is 1.29 bits per heavy atom. The molecule has 1 saturated heterocycles. The normalized spacial score (nSPS) is 21.3. The summed E-state index contributed by atoms with van der Waals surface area (Å²) < 4.78 is 23.5. The van der Waals surface area contributed by atoms with Gasteiger partial charge in [0, 0.05) is 17.5 Å². The molecule has 1 aliphatic heterocycles. The van der Waals surface area contributed by atoms with Crippen LogP contribution < -0.4 is 16.6 Å². The molecule has 21 heavy (non-hydrogen) atoms. The number of nitrogens with zero attached hydrogens (tertiary/aromatic N) is 2. The first-order valence-electron chi connectivity index (χ1n) is 7.14. The molecule has 1 aromatic heterocycles. The molecule has 0 amide bonds. The van der Waals surface area contributed by atoms with E-state index in [0.29, 0.717) is 23.9 Å². The average Bonchev–Trinajstić information content (AvgIpc) is 2.39. The summed E-state index contributed by atoms with van der Waals surface area (Å²) in [6.07, 6.45) is 1.51. The lowest BCUT2D eigenvalue weighted by Gasteiger charge is -2.25. The molecule has 1 aliphatic rings. The summed E-state index contributed by atoms with van der Waals surface area (Å²) in [6, 6.07) is -0.108. The fourth-order valence-electron chi connectivity index (χ4n) is 2.40. The number of aromatic nitrogens is 2. The molecule has 0 spiro atoms. The second-order valence-corrected chi connectivity index (χ2v) is 8.03. The Labute approximate surface area is 125 Å². The van der Waals surface area contributed by atoms with Crippen molar-refractivity contribution in [3.8, 4) is 0 Å². The van der Waals surface area contributed by atoms with Crippen molar-refractivity contribution < 1.29 is 8.42 Å². The summed E-state index contributed by atoms with van der Waals surface area (Å²) in [5.41, 5.74) is 3.37. The third kappa shape index (κ3) is 3.82. The number of anilines is 2. The quantitative estimate of drug-likeness (QED) is 0.565. The molecular formula is C13H23N5O2S. The molecule has 8 heteroatoms. The van der Waals surface area contributed by atoms with Crippen molar-refractivity contribution in [3.63, 3.8) is 0 Å². The smallest absolute Gasteiger partial charge is 0.152 e. The summed E-state index contributed by atoms with van der Waals surface area (Å²) in [6.45, 7) is 5.86. The second kappa shape index (κ2) is 6.15. The molecule has 2 rings (SSSR count). The molecule has 1 fully saturated rings. The van der Waals surface area contributed by atoms with Gasteiger partial charge in [-0.25, -0.2) is 24.2 Å². The predicted molar refractivity (Wildman–Crippen MR) is 84.0 cm³/mol. The number of hydrogen-bond donors (Lipinski definition) is 3. The molecule has 2 heterocycles. The topological polar surface area (TPSA) is 110 Å². The van der Waals surface area contributed by atoms with Crippen molar-refractivity contribution in [1.29, 1.82) is 0 Å². The number of hydrazine groups is 1. The minimum absolute atomic E-state index is 0.108. The molecule has 0 saturated carbocycles. The van der Waals surface area contributed by atoms with Gasteiger partial charge in [0.25, 0.3) is 0 Å². The van der Waals surface area contributed by atoms with Gasteiger partial charge in [-0.15, -0.1) is 0 Å². The van der Waals surface area contributed by atoms with E-state index in [4.69, 9.17) is 5.84 Å². The standard InChI is InChI=1S/C13H23N5O2S/c1-8(2)11-16-12(9(3)13(17-11)18-14)15-10-5-4-6-21(19,20)7-10/h8,10H,4-7,14H2,1-3H3,(H2,15,16,17,18). The van der Waals surface area contributed by atoms with Gasteiger partial charge in [0.05, 0.1) is 11.5 Å². The number of nitrogens with two attached hydrogens (primary N) is 1. The first-order chi connectivity index (χ1) is 9.82. The van der Waals surface area contributed by atoms with Gasteiger partial charge in [0.1, 0.15) is 17.5 Å². The lowest BCUT2D eigenvalue weighted by molar-refractivity contribution is 0.561. The maximum absolute atomic E-state index is 11.7. The molecular weight excluding hydrogens is 290 g/mol. The van der Waals surface area contributed by atoms with E-state index in [1.165, 1.54) is 0 Å². The first-order valence-corrected chi connectivity index (χ1v) is 8.96. The molecule has 118 valence electrons. The van der Waals surface area contributed by atoms with Crippen LogP contribution in [0.5, 0.6) is 0 Å². The van der Waals surface area contributed by atoms with Gasteiger partial charge in [-0.05, 0) is 19.8 Å². The van der Waals surface area contributed by atoms with Gasteiger partial charge >= 0.3 is 0 Å². The fourth-order valence-corrected chi connectivity index (χ4v) is 4.04. The van der Waals surface area contributed by atoms with E-state index >= 15 is 0 Å². The minimum Gasteiger partial charge on any atom is -0.366 e. The van der Waals surface area contributed by atoms with Gasteiger partial charge in [0.2, 0.25) is 0 Å². The molecule has 0 aromatic carbocycles. The number of rotatable bonds is 4. The molecule has 1 atom stereocenters. The van der Waals surface area contributed by atoms with Crippen LogP contribution in [0.4, 0.5) is 11.6 Å². The fraction of sp³-hybridized carbons (Fsp3) is 0.692. The van der Waals surface area contributed by atoms with E-state index in [-0.39, 0.29) is 23.5 Å². The Morgan fingerprint density at radius 3 is 2.52 bits per heavy atom. The lowest BCUT2D eigenvalue weighted by Crippen LogP contribution is -2.35. The van der Waals surface area contributed by atoms with Crippen LogP contribution in [0.3, 0.4) is 0 Å². The van der Waals surface area contributed by atoms with Crippen molar-refractivity contribution in [3.05, 3.63) is 11.4 Å². The van der Waals surface area contributed by atoms with Crippen LogP contribution in [0.25, 0.3) is 0 Å². The highest BCUT2D eigenvalue weighted by Gasteiger charge is 2.26. The van der Waals surface area contributed by atoms with Crippen molar-refractivity contribution >= 4 is 21.5 Å². The molecule has 1 unspecified atom stereocenters. The predicted octanol–water partition coefficient (Wildman–Crippen LogP) is 1.18. The highest BCUT2D eigenvalue weighted by Crippen LogP contribution is 2.25. The highest BCUT2D eigenvalue weighted by atomic mass is 32.2. The van der Waals surface area contributed by atoms with E-state index in [2.05, 4.69) is 20.7 Å². The molecule has 0 radical (unpaired) electrons. The lowest BCUT2D eigenvalue weighted by atomic mass is 10.1. The third-order valence-electron chi connectivity index (χ3n) is 3.62. The Bertz CT molecular complexity index is 615. The molecule has 0 aliphatic carbocycles. The Morgan fingerprint density at radius 2 is 1.95 bits per heavy atom. The molecule has 4 N–H and O–H groups in total. The maximum Gasteiger partial charge on any atom is 0.152 e. The highest BCUT2D eigenvalue weighted by molar-refractivity contribution is 7.91. The van der Waals surface area contributed by atoms with Crippen LogP contribution >= 0.6 is 0 Å². The minimum atomic E-state index is -2.95. The third-order valence-corrected chi connectivity index (χ3v) is 5.44. The zero-order chi connectivity index (χ0) is 15.6. The monoisotopic (exact) mass is 313 g/mol. The zero-order valence-corrected chi connectivity index (χ0v) is 13.5. The van der Waals surface area contributed by atoms with E-state index < -0.39 is 9.84 Å². The first kappa shape index (κ1) is 16.0. The van der Waals surface area contributed by atoms with Crippen LogP contribution in [0, 0.1) is 6.92 Å². The van der Waals surface area contributed by atoms with Crippen LogP contribution in [0.1, 0.15) is 44.0 Å². The SMILES string of the molecule is Cc1c(NN)nc(C(C)C)nc1NC1CCCS(=O)(=O)C1. The van der Waals surface area contributed by atoms with Gasteiger partial charge in [-0.1, -0.05) is 13.8 Å². The summed E-state index contributed by atoms with van der Waals surface area (Å²) >= 11 is 0. The number of hydrogen-bond acceptors (Lipinski definition) is 7. The Hall–Kier alpha value is -1.41. The van der Waals surface area contributed by atoms with Crippen molar-refractivity contribution in [1.82, 2.24) is 9.97 Å². The summed E-state index contributed by atoms with van der Waals surface area (Å²) in [5.74, 6) is 7.99. The van der Waals surface area contributed by atoms with Gasteiger partial charge in [-0.3, -0.25) is 0 Å². The van der Waals surface area contributed by atoms with Gasteiger partial charge in [0.15, 0.2) is 9.84 Å². The van der Waals surface area contributed by atoms with Crippen LogP contribution in [-0.2, 0) is 9.84 Å². The van der Waals surface area contributed by atoms with Crippen LogP contribution in [0.15, 0.2) is 0 Å². The average molecular weight is 313 g/mol.